The SMILES string of the molecule is CCOC(=O)c1cccc(N)c1NCCN(CC)CC. The molecule has 0 fully saturated rings. The summed E-state index contributed by atoms with van der Waals surface area (Å²) < 4.78 is 5.05. The molecule has 0 bridgehead atoms. The zero-order chi connectivity index (χ0) is 15.0. The fourth-order valence-corrected chi connectivity index (χ4v) is 2.03. The molecule has 0 aliphatic carbocycles. The highest BCUT2D eigenvalue weighted by molar-refractivity contribution is 5.98. The third-order valence-corrected chi connectivity index (χ3v) is 3.22. The lowest BCUT2D eigenvalue weighted by atomic mass is 10.1. The molecular formula is C15H25N3O2. The van der Waals surface area contributed by atoms with Gasteiger partial charge in [0, 0.05) is 13.1 Å². The van der Waals surface area contributed by atoms with Gasteiger partial charge in [0.15, 0.2) is 0 Å². The normalized spacial score (nSPS) is 10.6. The standard InChI is InChI=1S/C15H25N3O2/c1-4-18(5-2)11-10-17-14-12(15(19)20-6-3)8-7-9-13(14)16/h7-9,17H,4-6,10-11,16H2,1-3H3. The number of hydrogen-bond donors (Lipinski definition) is 2. The van der Waals surface area contributed by atoms with E-state index in [1.807, 2.05) is 0 Å². The summed E-state index contributed by atoms with van der Waals surface area (Å²) in [5.74, 6) is -0.342. The largest absolute Gasteiger partial charge is 0.462 e. The van der Waals surface area contributed by atoms with Crippen molar-refractivity contribution in [3.05, 3.63) is 23.8 Å². The van der Waals surface area contributed by atoms with E-state index >= 15 is 0 Å². The van der Waals surface area contributed by atoms with Gasteiger partial charge in [-0.3, -0.25) is 0 Å². The first-order chi connectivity index (χ1) is 9.63. The molecular weight excluding hydrogens is 254 g/mol. The monoisotopic (exact) mass is 279 g/mol. The fraction of sp³-hybridized carbons (Fsp3) is 0.533. The van der Waals surface area contributed by atoms with E-state index in [0.717, 1.165) is 26.2 Å². The molecule has 0 unspecified atom stereocenters. The van der Waals surface area contributed by atoms with Gasteiger partial charge in [-0.05, 0) is 32.1 Å². The summed E-state index contributed by atoms with van der Waals surface area (Å²) in [4.78, 5) is 14.2. The van der Waals surface area contributed by atoms with Crippen LogP contribution in [0.4, 0.5) is 11.4 Å². The number of benzene rings is 1. The number of carbonyl (C=O) groups excluding carboxylic acids is 1. The van der Waals surface area contributed by atoms with E-state index in [4.69, 9.17) is 10.5 Å². The molecule has 0 atom stereocenters. The Morgan fingerprint density at radius 2 is 2.00 bits per heavy atom. The average Bonchev–Trinajstić information content (AvgIpc) is 2.45. The van der Waals surface area contributed by atoms with Gasteiger partial charge in [0.25, 0.3) is 0 Å². The number of ether oxygens (including phenoxy) is 1. The van der Waals surface area contributed by atoms with Crippen molar-refractivity contribution in [2.45, 2.75) is 20.8 Å². The number of nitrogens with one attached hydrogen (secondary N) is 1. The van der Waals surface area contributed by atoms with Crippen LogP contribution in [0.3, 0.4) is 0 Å². The second kappa shape index (κ2) is 8.43. The van der Waals surface area contributed by atoms with Gasteiger partial charge in [-0.1, -0.05) is 19.9 Å². The summed E-state index contributed by atoms with van der Waals surface area (Å²) in [7, 11) is 0. The minimum atomic E-state index is -0.342. The quantitative estimate of drug-likeness (QED) is 0.564. The van der Waals surface area contributed by atoms with Crippen molar-refractivity contribution in [2.24, 2.45) is 0 Å². The van der Waals surface area contributed by atoms with E-state index in [1.54, 1.807) is 25.1 Å². The molecule has 0 aliphatic heterocycles. The highest BCUT2D eigenvalue weighted by Gasteiger charge is 2.14. The van der Waals surface area contributed by atoms with E-state index in [-0.39, 0.29) is 5.97 Å². The van der Waals surface area contributed by atoms with Gasteiger partial charge in [-0.25, -0.2) is 4.79 Å². The summed E-state index contributed by atoms with van der Waals surface area (Å²) in [5.41, 5.74) is 7.68. The van der Waals surface area contributed by atoms with Crippen LogP contribution >= 0.6 is 0 Å². The van der Waals surface area contributed by atoms with Crippen LogP contribution in [0.15, 0.2) is 18.2 Å². The van der Waals surface area contributed by atoms with Gasteiger partial charge in [0.1, 0.15) is 0 Å². The Balaban J connectivity index is 2.75. The zero-order valence-corrected chi connectivity index (χ0v) is 12.6. The number of esters is 1. The zero-order valence-electron chi connectivity index (χ0n) is 12.6. The van der Waals surface area contributed by atoms with E-state index in [2.05, 4.69) is 24.1 Å². The molecule has 1 aromatic rings. The number of carbonyl (C=O) groups is 1. The predicted molar refractivity (Wildman–Crippen MR) is 83.1 cm³/mol. The molecule has 0 saturated heterocycles. The van der Waals surface area contributed by atoms with Crippen LogP contribution in [0.2, 0.25) is 0 Å². The van der Waals surface area contributed by atoms with Crippen LogP contribution in [-0.2, 0) is 4.74 Å². The smallest absolute Gasteiger partial charge is 0.340 e. The van der Waals surface area contributed by atoms with Crippen molar-refractivity contribution in [3.63, 3.8) is 0 Å². The van der Waals surface area contributed by atoms with Crippen LogP contribution < -0.4 is 11.1 Å². The minimum Gasteiger partial charge on any atom is -0.462 e. The van der Waals surface area contributed by atoms with Crippen molar-refractivity contribution in [1.82, 2.24) is 4.90 Å². The van der Waals surface area contributed by atoms with Crippen molar-refractivity contribution >= 4 is 17.3 Å². The Morgan fingerprint density at radius 1 is 1.30 bits per heavy atom. The molecule has 0 aromatic heterocycles. The summed E-state index contributed by atoms with van der Waals surface area (Å²) in [6, 6.07) is 5.27. The molecule has 20 heavy (non-hydrogen) atoms. The molecule has 112 valence electrons. The Hall–Kier alpha value is -1.75. The van der Waals surface area contributed by atoms with Crippen molar-refractivity contribution < 1.29 is 9.53 Å². The molecule has 0 amide bonds. The number of rotatable bonds is 8. The first kappa shape index (κ1) is 16.3. The summed E-state index contributed by atoms with van der Waals surface area (Å²) in [6.45, 7) is 10.1. The van der Waals surface area contributed by atoms with Crippen LogP contribution in [0.5, 0.6) is 0 Å². The second-order valence-corrected chi connectivity index (χ2v) is 4.44. The third kappa shape index (κ3) is 4.42. The maximum absolute atomic E-state index is 11.9. The Bertz CT molecular complexity index is 431. The summed E-state index contributed by atoms with van der Waals surface area (Å²) >= 11 is 0. The fourth-order valence-electron chi connectivity index (χ4n) is 2.03. The highest BCUT2D eigenvalue weighted by atomic mass is 16.5. The first-order valence-corrected chi connectivity index (χ1v) is 7.15. The van der Waals surface area contributed by atoms with Crippen molar-refractivity contribution in [2.75, 3.05) is 43.8 Å². The van der Waals surface area contributed by atoms with Gasteiger partial charge in [-0.15, -0.1) is 0 Å². The van der Waals surface area contributed by atoms with E-state index < -0.39 is 0 Å². The molecule has 0 heterocycles. The number of nitrogens with zero attached hydrogens (tertiary/aromatic N) is 1. The third-order valence-electron chi connectivity index (χ3n) is 3.22. The first-order valence-electron chi connectivity index (χ1n) is 7.15. The molecule has 0 aliphatic rings. The second-order valence-electron chi connectivity index (χ2n) is 4.44. The average molecular weight is 279 g/mol. The van der Waals surface area contributed by atoms with E-state index in [0.29, 0.717) is 23.5 Å². The summed E-state index contributed by atoms with van der Waals surface area (Å²) in [5, 5.41) is 3.25. The molecule has 5 heteroatoms. The molecule has 5 nitrogen and oxygen atoms in total. The van der Waals surface area contributed by atoms with E-state index in [9.17, 15) is 4.79 Å². The number of anilines is 2. The maximum Gasteiger partial charge on any atom is 0.340 e. The van der Waals surface area contributed by atoms with Gasteiger partial charge >= 0.3 is 5.97 Å². The number of likely N-dealkylation sites (N-methyl/N-ethyl adjacent to an activating group) is 1. The Labute approximate surface area is 121 Å². The predicted octanol–water partition coefficient (Wildman–Crippen LogP) is 2.20. The van der Waals surface area contributed by atoms with Gasteiger partial charge in [-0.2, -0.15) is 0 Å². The Morgan fingerprint density at radius 3 is 2.60 bits per heavy atom. The van der Waals surface area contributed by atoms with Crippen molar-refractivity contribution in [3.8, 4) is 0 Å². The van der Waals surface area contributed by atoms with Crippen LogP contribution in [0.1, 0.15) is 31.1 Å². The van der Waals surface area contributed by atoms with Gasteiger partial charge in [0.05, 0.1) is 23.5 Å². The Kier molecular flexibility index (Phi) is 6.87. The van der Waals surface area contributed by atoms with Crippen LogP contribution in [-0.4, -0.2) is 43.7 Å². The van der Waals surface area contributed by atoms with Gasteiger partial charge in [0.2, 0.25) is 0 Å². The number of hydrogen-bond acceptors (Lipinski definition) is 5. The number of nitrogens with two attached hydrogens (primary N) is 1. The van der Waals surface area contributed by atoms with Crippen molar-refractivity contribution in [1.29, 1.82) is 0 Å². The van der Waals surface area contributed by atoms with Crippen LogP contribution in [0.25, 0.3) is 0 Å². The maximum atomic E-state index is 11.9. The highest BCUT2D eigenvalue weighted by Crippen LogP contribution is 2.24. The number of para-hydroxylation sites is 1. The van der Waals surface area contributed by atoms with E-state index in [1.165, 1.54) is 0 Å². The van der Waals surface area contributed by atoms with Gasteiger partial charge < -0.3 is 20.7 Å². The van der Waals surface area contributed by atoms with Crippen LogP contribution in [0, 0.1) is 0 Å². The molecule has 0 spiro atoms. The number of nitrogen functional groups attached to an aromatic ring is 1. The lowest BCUT2D eigenvalue weighted by Crippen LogP contribution is -2.29. The molecule has 3 N–H and O–H groups in total. The lowest BCUT2D eigenvalue weighted by molar-refractivity contribution is 0.0527. The topological polar surface area (TPSA) is 67.6 Å². The lowest BCUT2D eigenvalue weighted by Gasteiger charge is -2.20. The molecule has 1 aromatic carbocycles. The summed E-state index contributed by atoms with van der Waals surface area (Å²) in [6.07, 6.45) is 0. The molecule has 0 radical (unpaired) electrons. The minimum absolute atomic E-state index is 0.342. The molecule has 1 rings (SSSR count). The molecule has 0 saturated carbocycles.